The second-order valence-corrected chi connectivity index (χ2v) is 3.65. The number of rotatable bonds is 3. The normalized spacial score (nSPS) is 15.2. The van der Waals surface area contributed by atoms with Crippen molar-refractivity contribution in [2.75, 3.05) is 13.6 Å². The number of aromatic nitrogens is 2. The molecule has 1 aromatic heterocycles. The van der Waals surface area contributed by atoms with Gasteiger partial charge in [0.05, 0.1) is 6.54 Å². The summed E-state index contributed by atoms with van der Waals surface area (Å²) < 4.78 is 2.10. The summed E-state index contributed by atoms with van der Waals surface area (Å²) in [7, 11) is 1.77. The lowest BCUT2D eigenvalue weighted by Crippen LogP contribution is -2.18. The summed E-state index contributed by atoms with van der Waals surface area (Å²) in [4.78, 5) is 15.9. The lowest BCUT2D eigenvalue weighted by atomic mass is 10.2. The average Bonchev–Trinajstić information content (AvgIpc) is 2.61. The summed E-state index contributed by atoms with van der Waals surface area (Å²) in [6.45, 7) is 1.38. The van der Waals surface area contributed by atoms with Crippen molar-refractivity contribution in [1.82, 2.24) is 14.9 Å². The molecule has 1 aliphatic rings. The zero-order valence-electron chi connectivity index (χ0n) is 8.42. The molecule has 0 aromatic carbocycles. The highest BCUT2D eigenvalue weighted by molar-refractivity contribution is 5.95. The van der Waals surface area contributed by atoms with Crippen molar-refractivity contribution < 1.29 is 4.79 Å². The Labute approximate surface area is 83.3 Å². The third kappa shape index (κ3) is 1.70. The fourth-order valence-corrected chi connectivity index (χ4v) is 1.80. The first-order valence-electron chi connectivity index (χ1n) is 5.05. The molecular formula is C10H15N3O. The molecule has 0 unspecified atom stereocenters. The quantitative estimate of drug-likeness (QED) is 0.716. The highest BCUT2D eigenvalue weighted by atomic mass is 16.1. The van der Waals surface area contributed by atoms with E-state index in [0.29, 0.717) is 12.2 Å². The zero-order valence-corrected chi connectivity index (χ0v) is 8.42. The number of ketones is 1. The third-order valence-electron chi connectivity index (χ3n) is 2.53. The summed E-state index contributed by atoms with van der Waals surface area (Å²) in [5.74, 6) is 1.14. The molecule has 0 saturated carbocycles. The van der Waals surface area contributed by atoms with Gasteiger partial charge in [0.1, 0.15) is 11.5 Å². The van der Waals surface area contributed by atoms with Gasteiger partial charge in [0.15, 0.2) is 5.78 Å². The monoisotopic (exact) mass is 193 g/mol. The Balaban J connectivity index is 2.19. The molecule has 1 aliphatic heterocycles. The van der Waals surface area contributed by atoms with Crippen LogP contribution in [0.5, 0.6) is 0 Å². The van der Waals surface area contributed by atoms with Crippen molar-refractivity contribution in [3.63, 3.8) is 0 Å². The van der Waals surface area contributed by atoms with Crippen LogP contribution >= 0.6 is 0 Å². The predicted octanol–water partition coefficient (Wildman–Crippen LogP) is 0.621. The molecule has 0 fully saturated rings. The van der Waals surface area contributed by atoms with Crippen LogP contribution in [0, 0.1) is 0 Å². The van der Waals surface area contributed by atoms with Gasteiger partial charge in [-0.05, 0) is 19.9 Å². The molecule has 1 N–H and O–H groups in total. The highest BCUT2D eigenvalue weighted by Crippen LogP contribution is 2.14. The largest absolute Gasteiger partial charge is 0.334 e. The topological polar surface area (TPSA) is 46.9 Å². The first-order valence-corrected chi connectivity index (χ1v) is 5.05. The van der Waals surface area contributed by atoms with E-state index in [1.807, 2.05) is 6.20 Å². The maximum atomic E-state index is 11.5. The highest BCUT2D eigenvalue weighted by Gasteiger charge is 2.15. The van der Waals surface area contributed by atoms with E-state index >= 15 is 0 Å². The van der Waals surface area contributed by atoms with E-state index in [2.05, 4.69) is 14.9 Å². The molecule has 2 heterocycles. The van der Waals surface area contributed by atoms with Crippen molar-refractivity contribution in [3.8, 4) is 0 Å². The van der Waals surface area contributed by atoms with Crippen LogP contribution in [0.25, 0.3) is 0 Å². The number of imidazole rings is 1. The van der Waals surface area contributed by atoms with Crippen LogP contribution in [0.2, 0.25) is 0 Å². The predicted molar refractivity (Wildman–Crippen MR) is 53.4 cm³/mol. The Hall–Kier alpha value is -1.16. The van der Waals surface area contributed by atoms with E-state index in [1.165, 1.54) is 12.8 Å². The van der Waals surface area contributed by atoms with Crippen LogP contribution in [-0.2, 0) is 13.0 Å². The smallest absolute Gasteiger partial charge is 0.196 e. The van der Waals surface area contributed by atoms with Crippen LogP contribution in [-0.4, -0.2) is 28.9 Å². The molecule has 0 aliphatic carbocycles. The van der Waals surface area contributed by atoms with E-state index in [1.54, 1.807) is 7.05 Å². The second kappa shape index (κ2) is 3.92. The number of aryl methyl sites for hydroxylation is 2. The Morgan fingerprint density at radius 1 is 1.64 bits per heavy atom. The van der Waals surface area contributed by atoms with Gasteiger partial charge >= 0.3 is 0 Å². The van der Waals surface area contributed by atoms with Crippen LogP contribution in [0.15, 0.2) is 6.20 Å². The van der Waals surface area contributed by atoms with E-state index < -0.39 is 0 Å². The minimum atomic E-state index is 0.0781. The van der Waals surface area contributed by atoms with Gasteiger partial charge in [0.2, 0.25) is 0 Å². The number of Topliss-reactive ketones (excluding diaryl/α,β-unsaturated/α-hetero) is 1. The molecule has 0 saturated heterocycles. The molecule has 0 spiro atoms. The summed E-state index contributed by atoms with van der Waals surface area (Å²) in [6.07, 6.45) is 5.28. The summed E-state index contributed by atoms with van der Waals surface area (Å²) in [5, 5.41) is 2.85. The lowest BCUT2D eigenvalue weighted by Gasteiger charge is -2.11. The average molecular weight is 193 g/mol. The van der Waals surface area contributed by atoms with Gasteiger partial charge in [0, 0.05) is 19.2 Å². The fourth-order valence-electron chi connectivity index (χ4n) is 1.80. The first-order chi connectivity index (χ1) is 6.81. The number of nitrogens with zero attached hydrogens (tertiary/aromatic N) is 2. The minimum Gasteiger partial charge on any atom is -0.334 e. The van der Waals surface area contributed by atoms with Crippen LogP contribution in [0.3, 0.4) is 0 Å². The fraction of sp³-hybridized carbons (Fsp3) is 0.600. The second-order valence-electron chi connectivity index (χ2n) is 3.65. The molecule has 2 rings (SSSR count). The van der Waals surface area contributed by atoms with E-state index in [4.69, 9.17) is 0 Å². The molecule has 0 radical (unpaired) electrons. The number of carbonyl (C=O) groups excluding carboxylic acids is 1. The lowest BCUT2D eigenvalue weighted by molar-refractivity contribution is 0.0989. The third-order valence-corrected chi connectivity index (χ3v) is 2.53. The van der Waals surface area contributed by atoms with Crippen molar-refractivity contribution in [1.29, 1.82) is 0 Å². The van der Waals surface area contributed by atoms with Crippen molar-refractivity contribution in [3.05, 3.63) is 17.7 Å². The Morgan fingerprint density at radius 3 is 3.21 bits per heavy atom. The Morgan fingerprint density at radius 2 is 2.50 bits per heavy atom. The van der Waals surface area contributed by atoms with Gasteiger partial charge in [-0.3, -0.25) is 4.79 Å². The number of nitrogens with one attached hydrogen (secondary N) is 1. The number of hydrogen-bond acceptors (Lipinski definition) is 3. The van der Waals surface area contributed by atoms with E-state index in [0.717, 1.165) is 18.8 Å². The minimum absolute atomic E-state index is 0.0781. The summed E-state index contributed by atoms with van der Waals surface area (Å²) in [6, 6.07) is 0. The van der Waals surface area contributed by atoms with Gasteiger partial charge in [-0.2, -0.15) is 0 Å². The summed E-state index contributed by atoms with van der Waals surface area (Å²) >= 11 is 0. The van der Waals surface area contributed by atoms with Crippen LogP contribution in [0.4, 0.5) is 0 Å². The molecule has 14 heavy (non-hydrogen) atoms. The van der Waals surface area contributed by atoms with Crippen molar-refractivity contribution >= 4 is 5.78 Å². The molecule has 0 amide bonds. The maximum Gasteiger partial charge on any atom is 0.196 e. The Bertz CT molecular complexity index is 320. The van der Waals surface area contributed by atoms with E-state index in [-0.39, 0.29) is 5.78 Å². The van der Waals surface area contributed by atoms with Crippen molar-refractivity contribution in [2.45, 2.75) is 25.8 Å². The number of hydrogen-bond donors (Lipinski definition) is 1. The maximum absolute atomic E-state index is 11.5. The number of likely N-dealkylation sites (N-methyl/N-ethyl adjacent to an activating group) is 1. The number of fused-ring (bicyclic) bond motifs is 1. The summed E-state index contributed by atoms with van der Waals surface area (Å²) in [5.41, 5.74) is 0.608. The van der Waals surface area contributed by atoms with E-state index in [9.17, 15) is 4.79 Å². The molecule has 0 atom stereocenters. The van der Waals surface area contributed by atoms with Crippen LogP contribution in [0.1, 0.15) is 29.2 Å². The standard InChI is InChI=1S/C10H15N3O/c1-11-6-9(14)8-7-13-5-3-2-4-10(13)12-8/h7,11H,2-6H2,1H3. The zero-order chi connectivity index (χ0) is 9.97. The molecule has 0 bridgehead atoms. The number of carbonyl (C=O) groups is 1. The van der Waals surface area contributed by atoms with Gasteiger partial charge < -0.3 is 9.88 Å². The molecular weight excluding hydrogens is 178 g/mol. The first kappa shape index (κ1) is 9.40. The molecule has 1 aromatic rings. The Kier molecular flexibility index (Phi) is 2.63. The van der Waals surface area contributed by atoms with Gasteiger partial charge in [-0.15, -0.1) is 0 Å². The molecule has 4 nitrogen and oxygen atoms in total. The molecule has 4 heteroatoms. The van der Waals surface area contributed by atoms with Crippen LogP contribution < -0.4 is 5.32 Å². The van der Waals surface area contributed by atoms with Crippen molar-refractivity contribution in [2.24, 2.45) is 0 Å². The van der Waals surface area contributed by atoms with Gasteiger partial charge in [0.25, 0.3) is 0 Å². The van der Waals surface area contributed by atoms with Gasteiger partial charge in [-0.25, -0.2) is 4.98 Å². The molecule has 76 valence electrons. The van der Waals surface area contributed by atoms with Gasteiger partial charge in [-0.1, -0.05) is 0 Å². The SMILES string of the molecule is CNCC(=O)c1cn2c(n1)CCCC2.